The Morgan fingerprint density at radius 2 is 1.64 bits per heavy atom. The zero-order chi connectivity index (χ0) is 20.7. The van der Waals surface area contributed by atoms with Gasteiger partial charge in [0.1, 0.15) is 5.84 Å². The Kier molecular flexibility index (Phi) is 4.77. The fourth-order valence-corrected chi connectivity index (χ4v) is 3.17. The van der Waals surface area contributed by atoms with E-state index in [0.29, 0.717) is 10.5 Å². The summed E-state index contributed by atoms with van der Waals surface area (Å²) < 4.78 is 62.5. The monoisotopic (exact) mass is 413 g/mol. The van der Waals surface area contributed by atoms with Gasteiger partial charge in [0.2, 0.25) is 10.0 Å². The van der Waals surface area contributed by atoms with E-state index < -0.39 is 27.8 Å². The van der Waals surface area contributed by atoms with Crippen molar-refractivity contribution >= 4 is 21.8 Å². The summed E-state index contributed by atoms with van der Waals surface area (Å²) in [6.07, 6.45) is -5.31. The maximum atomic E-state index is 13.3. The van der Waals surface area contributed by atoms with Crippen LogP contribution in [0.2, 0.25) is 0 Å². The number of carbonyl (C=O) groups excluding carboxylic acids is 1. The molecule has 11 heteroatoms. The molecule has 0 saturated carbocycles. The summed E-state index contributed by atoms with van der Waals surface area (Å²) in [5.41, 5.74) is -3.37. The number of amides is 1. The van der Waals surface area contributed by atoms with Crippen molar-refractivity contribution in [2.45, 2.75) is 23.3 Å². The number of rotatable bonds is 4. The molecular formula is C17H14F3N3O4S. The van der Waals surface area contributed by atoms with Crippen molar-refractivity contribution in [1.82, 2.24) is 4.90 Å². The second-order valence-corrected chi connectivity index (χ2v) is 7.61. The fraction of sp³-hybridized carbons (Fsp3) is 0.176. The van der Waals surface area contributed by atoms with Crippen molar-refractivity contribution in [3.8, 4) is 0 Å². The van der Waals surface area contributed by atoms with Crippen LogP contribution in [0.4, 0.5) is 13.2 Å². The first-order valence-electron chi connectivity index (χ1n) is 7.81. The number of primary sulfonamides is 1. The van der Waals surface area contributed by atoms with E-state index in [1.807, 2.05) is 0 Å². The Labute approximate surface area is 158 Å². The molecule has 1 atom stereocenters. The zero-order valence-corrected chi connectivity index (χ0v) is 14.9. The third kappa shape index (κ3) is 3.51. The van der Waals surface area contributed by atoms with Crippen LogP contribution in [0.3, 0.4) is 0 Å². The van der Waals surface area contributed by atoms with Crippen LogP contribution >= 0.6 is 0 Å². The van der Waals surface area contributed by atoms with Crippen molar-refractivity contribution in [2.75, 3.05) is 0 Å². The molecule has 0 aromatic heterocycles. The summed E-state index contributed by atoms with van der Waals surface area (Å²) in [6, 6.07) is 12.6. The van der Waals surface area contributed by atoms with Gasteiger partial charge in [0.05, 0.1) is 11.4 Å². The molecule has 7 nitrogen and oxygen atoms in total. The number of aliphatic imine (C=N–C) groups is 1. The second kappa shape index (κ2) is 6.69. The maximum Gasteiger partial charge on any atom is 0.448 e. The highest BCUT2D eigenvalue weighted by Crippen LogP contribution is 2.38. The molecular weight excluding hydrogens is 399 g/mol. The van der Waals surface area contributed by atoms with Crippen LogP contribution in [-0.2, 0) is 21.4 Å². The van der Waals surface area contributed by atoms with Gasteiger partial charge in [-0.1, -0.05) is 42.5 Å². The molecule has 148 valence electrons. The number of alkyl halides is 3. The summed E-state index contributed by atoms with van der Waals surface area (Å²) in [5.74, 6) is -1.99. The van der Waals surface area contributed by atoms with Crippen LogP contribution in [0.15, 0.2) is 64.5 Å². The minimum absolute atomic E-state index is 0.187. The SMILES string of the molecule is NS(=O)(=O)c1ccc(CN2C(=O)C(O)(C(F)(F)F)N=C2c2ccccc2)cc1. The highest BCUT2D eigenvalue weighted by Gasteiger charge is 2.65. The van der Waals surface area contributed by atoms with E-state index in [9.17, 15) is 31.5 Å². The molecule has 0 bridgehead atoms. The van der Waals surface area contributed by atoms with Gasteiger partial charge in [0.25, 0.3) is 5.91 Å². The first kappa shape index (κ1) is 20.0. The molecule has 2 aromatic carbocycles. The van der Waals surface area contributed by atoms with Gasteiger partial charge in [-0.2, -0.15) is 13.2 Å². The highest BCUT2D eigenvalue weighted by atomic mass is 32.2. The van der Waals surface area contributed by atoms with Crippen molar-refractivity contribution in [3.63, 3.8) is 0 Å². The molecule has 2 aromatic rings. The van der Waals surface area contributed by atoms with Crippen LogP contribution in [-0.4, -0.2) is 42.1 Å². The van der Waals surface area contributed by atoms with Crippen molar-refractivity contribution in [2.24, 2.45) is 10.1 Å². The zero-order valence-electron chi connectivity index (χ0n) is 14.1. The lowest BCUT2D eigenvalue weighted by Gasteiger charge is -2.23. The van der Waals surface area contributed by atoms with E-state index in [-0.39, 0.29) is 22.8 Å². The lowest BCUT2D eigenvalue weighted by Crippen LogP contribution is -2.52. The minimum atomic E-state index is -5.31. The van der Waals surface area contributed by atoms with Crippen LogP contribution in [0, 0.1) is 0 Å². The number of nitrogens with zero attached hydrogens (tertiary/aromatic N) is 2. The summed E-state index contributed by atoms with van der Waals surface area (Å²) in [4.78, 5) is 16.2. The van der Waals surface area contributed by atoms with E-state index in [4.69, 9.17) is 5.14 Å². The average Bonchev–Trinajstić information content (AvgIpc) is 2.88. The third-order valence-corrected chi connectivity index (χ3v) is 5.02. The Morgan fingerprint density at radius 1 is 1.07 bits per heavy atom. The Hall–Kier alpha value is -2.76. The first-order chi connectivity index (χ1) is 12.9. The van der Waals surface area contributed by atoms with Crippen LogP contribution in [0.5, 0.6) is 0 Å². The third-order valence-electron chi connectivity index (χ3n) is 4.09. The van der Waals surface area contributed by atoms with Gasteiger partial charge >= 0.3 is 11.9 Å². The predicted octanol–water partition coefficient (Wildman–Crippen LogP) is 1.37. The number of hydrogen-bond acceptors (Lipinski definition) is 5. The van der Waals surface area contributed by atoms with Gasteiger partial charge in [-0.3, -0.25) is 9.69 Å². The molecule has 0 radical (unpaired) electrons. The Bertz CT molecular complexity index is 1040. The molecule has 1 aliphatic rings. The largest absolute Gasteiger partial charge is 0.448 e. The summed E-state index contributed by atoms with van der Waals surface area (Å²) in [6.45, 7) is -0.365. The quantitative estimate of drug-likeness (QED) is 0.788. The Balaban J connectivity index is 2.01. The predicted molar refractivity (Wildman–Crippen MR) is 92.3 cm³/mol. The van der Waals surface area contributed by atoms with Gasteiger partial charge in [-0.25, -0.2) is 18.5 Å². The lowest BCUT2D eigenvalue weighted by atomic mass is 10.1. The topological polar surface area (TPSA) is 113 Å². The molecule has 1 unspecified atom stereocenters. The van der Waals surface area contributed by atoms with Gasteiger partial charge in [0.15, 0.2) is 0 Å². The molecule has 1 heterocycles. The van der Waals surface area contributed by atoms with Gasteiger partial charge in [-0.05, 0) is 17.7 Å². The number of carbonyl (C=O) groups is 1. The number of hydrogen-bond donors (Lipinski definition) is 2. The van der Waals surface area contributed by atoms with Gasteiger partial charge in [-0.15, -0.1) is 0 Å². The van der Waals surface area contributed by atoms with Crippen molar-refractivity contribution in [3.05, 3.63) is 65.7 Å². The minimum Gasteiger partial charge on any atom is -0.355 e. The fourth-order valence-electron chi connectivity index (χ4n) is 2.65. The molecule has 3 N–H and O–H groups in total. The van der Waals surface area contributed by atoms with Crippen LogP contribution in [0.25, 0.3) is 0 Å². The van der Waals surface area contributed by atoms with E-state index >= 15 is 0 Å². The van der Waals surface area contributed by atoms with Gasteiger partial charge in [0, 0.05) is 5.56 Å². The van der Waals surface area contributed by atoms with E-state index in [1.54, 1.807) is 18.2 Å². The summed E-state index contributed by atoms with van der Waals surface area (Å²) in [7, 11) is -3.94. The molecule has 0 fully saturated rings. The van der Waals surface area contributed by atoms with Crippen LogP contribution in [0.1, 0.15) is 11.1 Å². The number of nitrogens with two attached hydrogens (primary N) is 1. The van der Waals surface area contributed by atoms with Crippen molar-refractivity contribution < 1.29 is 31.5 Å². The molecule has 3 rings (SSSR count). The number of aliphatic hydroxyl groups is 1. The number of benzene rings is 2. The molecule has 0 spiro atoms. The van der Waals surface area contributed by atoms with E-state index in [1.165, 1.54) is 36.4 Å². The number of halogens is 3. The van der Waals surface area contributed by atoms with Crippen LogP contribution < -0.4 is 5.14 Å². The van der Waals surface area contributed by atoms with E-state index in [0.717, 1.165) is 0 Å². The number of amidine groups is 1. The smallest absolute Gasteiger partial charge is 0.355 e. The number of sulfonamides is 1. The second-order valence-electron chi connectivity index (χ2n) is 6.05. The standard InChI is InChI=1S/C17H14F3N3O4S/c18-17(19,20)16(25)15(24)23(14(22-16)12-4-2-1-3-5-12)10-11-6-8-13(9-7-11)28(21,26)27/h1-9,25H,10H2,(H2,21,26,27). The molecule has 28 heavy (non-hydrogen) atoms. The maximum absolute atomic E-state index is 13.3. The molecule has 0 aliphatic carbocycles. The Morgan fingerprint density at radius 3 is 2.14 bits per heavy atom. The summed E-state index contributed by atoms with van der Waals surface area (Å²) >= 11 is 0. The van der Waals surface area contributed by atoms with E-state index in [2.05, 4.69) is 4.99 Å². The first-order valence-corrected chi connectivity index (χ1v) is 9.36. The molecule has 0 saturated heterocycles. The molecule has 1 amide bonds. The average molecular weight is 413 g/mol. The molecule has 1 aliphatic heterocycles. The van der Waals surface area contributed by atoms with Gasteiger partial charge < -0.3 is 5.11 Å². The van der Waals surface area contributed by atoms with Crippen molar-refractivity contribution in [1.29, 1.82) is 0 Å². The normalized spacial score (nSPS) is 20.4. The highest BCUT2D eigenvalue weighted by molar-refractivity contribution is 7.89. The summed E-state index contributed by atoms with van der Waals surface area (Å²) in [5, 5.41) is 14.9. The lowest BCUT2D eigenvalue weighted by molar-refractivity contribution is -0.248.